The second-order valence-corrected chi connectivity index (χ2v) is 5.75. The van der Waals surface area contributed by atoms with Gasteiger partial charge in [-0.15, -0.1) is 0 Å². The molecule has 0 spiro atoms. The smallest absolute Gasteiger partial charge is 0.262 e. The van der Waals surface area contributed by atoms with Crippen LogP contribution >= 0.6 is 23.2 Å². The summed E-state index contributed by atoms with van der Waals surface area (Å²) in [6, 6.07) is 8.53. The zero-order valence-electron chi connectivity index (χ0n) is 12.2. The van der Waals surface area contributed by atoms with Crippen molar-refractivity contribution in [2.75, 3.05) is 17.7 Å². The molecule has 0 aliphatic rings. The van der Waals surface area contributed by atoms with E-state index in [0.29, 0.717) is 27.2 Å². The molecule has 2 rings (SSSR count). The molecule has 0 aromatic heterocycles. The molecule has 0 radical (unpaired) electrons. The number of ether oxygens (including phenoxy) is 1. The first-order valence-corrected chi connectivity index (χ1v) is 7.37. The Labute approximate surface area is 139 Å². The average Bonchev–Trinajstić information content (AvgIpc) is 2.46. The van der Waals surface area contributed by atoms with Crippen LogP contribution in [0.2, 0.25) is 10.0 Å². The highest BCUT2D eigenvalue weighted by atomic mass is 35.5. The second kappa shape index (κ2) is 6.90. The van der Waals surface area contributed by atoms with Crippen LogP contribution in [0.4, 0.5) is 11.4 Å². The molecule has 22 heavy (non-hydrogen) atoms. The molecule has 0 unspecified atom stereocenters. The minimum absolute atomic E-state index is 0.133. The summed E-state index contributed by atoms with van der Waals surface area (Å²) < 4.78 is 5.43. The summed E-state index contributed by atoms with van der Waals surface area (Å²) in [5.41, 5.74) is 8.51. The molecule has 1 amide bonds. The molecule has 2 aromatic rings. The molecule has 0 heterocycles. The van der Waals surface area contributed by atoms with Crippen molar-refractivity contribution in [3.8, 4) is 5.75 Å². The van der Waals surface area contributed by atoms with Crippen LogP contribution in [0.3, 0.4) is 0 Å². The van der Waals surface area contributed by atoms with E-state index in [2.05, 4.69) is 5.32 Å². The van der Waals surface area contributed by atoms with Crippen molar-refractivity contribution in [3.05, 3.63) is 51.5 Å². The Hall–Kier alpha value is -1.91. The summed E-state index contributed by atoms with van der Waals surface area (Å²) in [6.45, 7) is 3.58. The Morgan fingerprint density at radius 1 is 1.14 bits per heavy atom. The van der Waals surface area contributed by atoms with Crippen LogP contribution in [0.25, 0.3) is 0 Å². The number of amides is 1. The van der Waals surface area contributed by atoms with Gasteiger partial charge in [0.2, 0.25) is 0 Å². The molecular weight excluding hydrogens is 323 g/mol. The van der Waals surface area contributed by atoms with Gasteiger partial charge in [0.1, 0.15) is 5.75 Å². The molecule has 0 bridgehead atoms. The lowest BCUT2D eigenvalue weighted by Crippen LogP contribution is -2.20. The topological polar surface area (TPSA) is 64.3 Å². The van der Waals surface area contributed by atoms with Gasteiger partial charge in [0.25, 0.3) is 5.91 Å². The predicted molar refractivity (Wildman–Crippen MR) is 90.9 cm³/mol. The van der Waals surface area contributed by atoms with Crippen molar-refractivity contribution in [2.24, 2.45) is 0 Å². The number of carbonyl (C=O) groups is 1. The Bertz CT molecular complexity index is 718. The lowest BCUT2D eigenvalue weighted by atomic mass is 10.2. The second-order valence-electron chi connectivity index (χ2n) is 4.94. The van der Waals surface area contributed by atoms with E-state index in [1.807, 2.05) is 13.8 Å². The van der Waals surface area contributed by atoms with Gasteiger partial charge in [-0.1, -0.05) is 23.2 Å². The lowest BCUT2D eigenvalue weighted by Gasteiger charge is -2.11. The Morgan fingerprint density at radius 2 is 1.82 bits per heavy atom. The summed E-state index contributed by atoms with van der Waals surface area (Å²) in [5.74, 6) is 0.256. The van der Waals surface area contributed by atoms with Crippen LogP contribution in [0.5, 0.6) is 5.75 Å². The first-order chi connectivity index (χ1) is 10.4. The number of anilines is 2. The van der Waals surface area contributed by atoms with Gasteiger partial charge in [-0.05, 0) is 55.3 Å². The van der Waals surface area contributed by atoms with E-state index < -0.39 is 0 Å². The van der Waals surface area contributed by atoms with E-state index in [1.165, 1.54) is 0 Å². The fourth-order valence-corrected chi connectivity index (χ4v) is 2.14. The molecule has 4 nitrogen and oxygen atoms in total. The van der Waals surface area contributed by atoms with E-state index in [1.54, 1.807) is 30.3 Å². The van der Waals surface area contributed by atoms with Crippen LogP contribution < -0.4 is 15.8 Å². The summed E-state index contributed by atoms with van der Waals surface area (Å²) in [5, 5.41) is 3.87. The number of nitrogens with one attached hydrogen (secondary N) is 1. The van der Waals surface area contributed by atoms with Gasteiger partial charge >= 0.3 is 0 Å². The van der Waals surface area contributed by atoms with Gasteiger partial charge < -0.3 is 15.8 Å². The third-order valence-corrected chi connectivity index (χ3v) is 3.94. The molecule has 3 N–H and O–H groups in total. The molecule has 0 aliphatic carbocycles. The van der Waals surface area contributed by atoms with Crippen molar-refractivity contribution in [3.63, 3.8) is 0 Å². The van der Waals surface area contributed by atoms with Gasteiger partial charge in [-0.2, -0.15) is 0 Å². The van der Waals surface area contributed by atoms with Gasteiger partial charge in [0, 0.05) is 10.0 Å². The third-order valence-electron chi connectivity index (χ3n) is 3.10. The van der Waals surface area contributed by atoms with Crippen LogP contribution in [-0.2, 0) is 4.79 Å². The number of nitrogen functional groups attached to an aromatic ring is 1. The predicted octanol–water partition coefficient (Wildman–Crippen LogP) is 4.21. The molecule has 0 saturated carbocycles. The highest BCUT2D eigenvalue weighted by Gasteiger charge is 2.09. The maximum absolute atomic E-state index is 11.9. The number of hydrogen-bond acceptors (Lipinski definition) is 3. The SMILES string of the molecule is Cc1cc(OCC(=O)Nc2cc(Cl)c(C)cc2N)ccc1Cl. The first kappa shape index (κ1) is 16.5. The molecule has 0 saturated heterocycles. The number of hydrogen-bond donors (Lipinski definition) is 2. The van der Waals surface area contributed by atoms with E-state index in [4.69, 9.17) is 33.7 Å². The standard InChI is InChI=1S/C16H16Cl2N2O2/c1-9-5-11(3-4-12(9)17)22-8-16(21)20-15-7-13(18)10(2)6-14(15)19/h3-7H,8,19H2,1-2H3,(H,20,21). The van der Waals surface area contributed by atoms with E-state index >= 15 is 0 Å². The maximum Gasteiger partial charge on any atom is 0.262 e. The fraction of sp³-hybridized carbons (Fsp3) is 0.188. The summed E-state index contributed by atoms with van der Waals surface area (Å²) in [6.07, 6.45) is 0. The Balaban J connectivity index is 1.98. The monoisotopic (exact) mass is 338 g/mol. The van der Waals surface area contributed by atoms with Gasteiger partial charge in [0.05, 0.1) is 11.4 Å². The number of carbonyl (C=O) groups excluding carboxylic acids is 1. The van der Waals surface area contributed by atoms with Crippen molar-refractivity contribution in [2.45, 2.75) is 13.8 Å². The van der Waals surface area contributed by atoms with Crippen molar-refractivity contribution in [1.82, 2.24) is 0 Å². The molecule has 0 atom stereocenters. The molecular formula is C16H16Cl2N2O2. The number of benzene rings is 2. The number of rotatable bonds is 4. The molecule has 0 aliphatic heterocycles. The molecule has 6 heteroatoms. The highest BCUT2D eigenvalue weighted by molar-refractivity contribution is 6.32. The quantitative estimate of drug-likeness (QED) is 0.820. The van der Waals surface area contributed by atoms with Crippen LogP contribution in [0, 0.1) is 13.8 Å². The van der Waals surface area contributed by atoms with Crippen LogP contribution in [0.15, 0.2) is 30.3 Å². The first-order valence-electron chi connectivity index (χ1n) is 6.61. The number of halogens is 2. The van der Waals surface area contributed by atoms with Gasteiger partial charge in [-0.3, -0.25) is 4.79 Å². The summed E-state index contributed by atoms with van der Waals surface area (Å²) in [4.78, 5) is 11.9. The van der Waals surface area contributed by atoms with Crippen LogP contribution in [0.1, 0.15) is 11.1 Å². The van der Waals surface area contributed by atoms with E-state index in [0.717, 1.165) is 11.1 Å². The van der Waals surface area contributed by atoms with Crippen molar-refractivity contribution >= 4 is 40.5 Å². The summed E-state index contributed by atoms with van der Waals surface area (Å²) >= 11 is 12.0. The Morgan fingerprint density at radius 3 is 2.50 bits per heavy atom. The van der Waals surface area contributed by atoms with Gasteiger partial charge in [0.15, 0.2) is 6.61 Å². The van der Waals surface area contributed by atoms with Gasteiger partial charge in [-0.25, -0.2) is 0 Å². The largest absolute Gasteiger partial charge is 0.484 e. The number of nitrogens with two attached hydrogens (primary N) is 1. The lowest BCUT2D eigenvalue weighted by molar-refractivity contribution is -0.118. The molecule has 2 aromatic carbocycles. The third kappa shape index (κ3) is 4.06. The van der Waals surface area contributed by atoms with Crippen LogP contribution in [-0.4, -0.2) is 12.5 Å². The normalized spacial score (nSPS) is 10.4. The zero-order valence-corrected chi connectivity index (χ0v) is 13.8. The average molecular weight is 339 g/mol. The number of aryl methyl sites for hydroxylation is 2. The Kier molecular flexibility index (Phi) is 5.16. The molecule has 116 valence electrons. The minimum atomic E-state index is -0.320. The van der Waals surface area contributed by atoms with Crippen molar-refractivity contribution in [1.29, 1.82) is 0 Å². The van der Waals surface area contributed by atoms with E-state index in [9.17, 15) is 4.79 Å². The van der Waals surface area contributed by atoms with Crippen molar-refractivity contribution < 1.29 is 9.53 Å². The minimum Gasteiger partial charge on any atom is -0.484 e. The summed E-state index contributed by atoms with van der Waals surface area (Å²) in [7, 11) is 0. The fourth-order valence-electron chi connectivity index (χ4n) is 1.85. The maximum atomic E-state index is 11.9. The molecule has 0 fully saturated rings. The van der Waals surface area contributed by atoms with E-state index in [-0.39, 0.29) is 12.5 Å². The zero-order chi connectivity index (χ0) is 16.3. The highest BCUT2D eigenvalue weighted by Crippen LogP contribution is 2.27.